The molecule has 1 aliphatic rings. The molecule has 1 aliphatic heterocycles. The lowest BCUT2D eigenvalue weighted by atomic mass is 10.2. The first-order chi connectivity index (χ1) is 13.2. The van der Waals surface area contributed by atoms with Crippen LogP contribution >= 0.6 is 12.2 Å². The topological polar surface area (TPSA) is 68.3 Å². The molecule has 2 aromatic carbocycles. The number of nitrogens with two attached hydrogens (primary N) is 1. The van der Waals surface area contributed by atoms with E-state index in [0.717, 1.165) is 31.7 Å². The van der Waals surface area contributed by atoms with E-state index in [4.69, 9.17) is 18.0 Å². The quantitative estimate of drug-likeness (QED) is 0.474. The number of rotatable bonds is 5. The summed E-state index contributed by atoms with van der Waals surface area (Å²) in [4.78, 5) is 4.75. The van der Waals surface area contributed by atoms with Crippen molar-refractivity contribution in [2.75, 3.05) is 31.1 Å². The SMILES string of the molecule is N#C/C(C(=S)NCc1ccccc1)=C(/N)N1CCN(c2ccccc2)CC1. The van der Waals surface area contributed by atoms with E-state index in [-0.39, 0.29) is 0 Å². The zero-order valence-electron chi connectivity index (χ0n) is 15.1. The van der Waals surface area contributed by atoms with Crippen LogP contribution in [0.4, 0.5) is 5.69 Å². The predicted molar refractivity (Wildman–Crippen MR) is 113 cm³/mol. The van der Waals surface area contributed by atoms with Crippen molar-refractivity contribution in [1.82, 2.24) is 10.2 Å². The fourth-order valence-electron chi connectivity index (χ4n) is 3.09. The van der Waals surface area contributed by atoms with Crippen LogP contribution in [0, 0.1) is 11.3 Å². The van der Waals surface area contributed by atoms with Crippen molar-refractivity contribution >= 4 is 22.9 Å². The van der Waals surface area contributed by atoms with E-state index in [2.05, 4.69) is 28.4 Å². The van der Waals surface area contributed by atoms with Crippen molar-refractivity contribution in [2.24, 2.45) is 5.73 Å². The van der Waals surface area contributed by atoms with Gasteiger partial charge in [0.25, 0.3) is 0 Å². The second-order valence-corrected chi connectivity index (χ2v) is 6.76. The van der Waals surface area contributed by atoms with Gasteiger partial charge in [0.15, 0.2) is 0 Å². The van der Waals surface area contributed by atoms with Gasteiger partial charge in [-0.1, -0.05) is 60.7 Å². The minimum atomic E-state index is 0.342. The van der Waals surface area contributed by atoms with E-state index in [1.54, 1.807) is 0 Å². The third-order valence-electron chi connectivity index (χ3n) is 4.63. The van der Waals surface area contributed by atoms with Crippen LogP contribution < -0.4 is 16.0 Å². The molecule has 0 bridgehead atoms. The normalized spacial score (nSPS) is 14.9. The molecule has 0 amide bonds. The Kier molecular flexibility index (Phi) is 6.29. The van der Waals surface area contributed by atoms with Crippen molar-refractivity contribution in [3.8, 4) is 6.07 Å². The van der Waals surface area contributed by atoms with Gasteiger partial charge in [0, 0.05) is 38.4 Å². The Balaban J connectivity index is 1.61. The molecule has 1 saturated heterocycles. The smallest absolute Gasteiger partial charge is 0.126 e. The lowest BCUT2D eigenvalue weighted by Gasteiger charge is -2.37. The number of anilines is 1. The summed E-state index contributed by atoms with van der Waals surface area (Å²) >= 11 is 5.41. The largest absolute Gasteiger partial charge is 0.384 e. The molecule has 3 N–H and O–H groups in total. The van der Waals surface area contributed by atoms with Crippen LogP contribution in [0.2, 0.25) is 0 Å². The number of para-hydroxylation sites is 1. The first kappa shape index (κ1) is 18.7. The molecule has 0 unspecified atom stereocenters. The number of nitrogens with zero attached hydrogens (tertiary/aromatic N) is 3. The van der Waals surface area contributed by atoms with E-state index in [1.807, 2.05) is 53.4 Å². The monoisotopic (exact) mass is 377 g/mol. The summed E-state index contributed by atoms with van der Waals surface area (Å²) < 4.78 is 0. The summed E-state index contributed by atoms with van der Waals surface area (Å²) in [6, 6.07) is 22.4. The Hall–Kier alpha value is -3.04. The first-order valence-electron chi connectivity index (χ1n) is 8.96. The molecule has 0 aromatic heterocycles. The molecule has 1 fully saturated rings. The summed E-state index contributed by atoms with van der Waals surface area (Å²) in [6.45, 7) is 3.79. The number of nitrogens with one attached hydrogen (secondary N) is 1. The molecule has 0 atom stereocenters. The van der Waals surface area contributed by atoms with Crippen molar-refractivity contribution < 1.29 is 0 Å². The molecule has 138 valence electrons. The predicted octanol–water partition coefficient (Wildman–Crippen LogP) is 2.62. The van der Waals surface area contributed by atoms with Gasteiger partial charge in [0.05, 0.1) is 0 Å². The Morgan fingerprint density at radius 2 is 1.59 bits per heavy atom. The number of thiocarbonyl (C=S) groups is 1. The second kappa shape index (κ2) is 9.06. The highest BCUT2D eigenvalue weighted by Crippen LogP contribution is 2.17. The van der Waals surface area contributed by atoms with Gasteiger partial charge in [-0.2, -0.15) is 5.26 Å². The van der Waals surface area contributed by atoms with E-state index >= 15 is 0 Å². The third kappa shape index (κ3) is 4.78. The van der Waals surface area contributed by atoms with E-state index < -0.39 is 0 Å². The molecular weight excluding hydrogens is 354 g/mol. The van der Waals surface area contributed by atoms with Gasteiger partial charge in [0.2, 0.25) is 0 Å². The highest BCUT2D eigenvalue weighted by Gasteiger charge is 2.21. The van der Waals surface area contributed by atoms with Crippen LogP contribution in [0.1, 0.15) is 5.56 Å². The summed E-state index contributed by atoms with van der Waals surface area (Å²) in [7, 11) is 0. The maximum absolute atomic E-state index is 9.57. The van der Waals surface area contributed by atoms with Crippen molar-refractivity contribution in [3.05, 3.63) is 77.6 Å². The summed E-state index contributed by atoms with van der Waals surface area (Å²) in [6.07, 6.45) is 0. The van der Waals surface area contributed by atoms with Crippen LogP contribution in [0.3, 0.4) is 0 Å². The molecule has 0 saturated carbocycles. The average Bonchev–Trinajstić information content (AvgIpc) is 2.74. The van der Waals surface area contributed by atoms with E-state index in [9.17, 15) is 5.26 Å². The molecule has 1 heterocycles. The van der Waals surface area contributed by atoms with Gasteiger partial charge in [0.1, 0.15) is 22.5 Å². The van der Waals surface area contributed by atoms with Crippen LogP contribution in [0.5, 0.6) is 0 Å². The fraction of sp³-hybridized carbons (Fsp3) is 0.238. The number of hydrogen-bond donors (Lipinski definition) is 2. The number of nitriles is 1. The van der Waals surface area contributed by atoms with Gasteiger partial charge < -0.3 is 20.9 Å². The number of hydrogen-bond acceptors (Lipinski definition) is 5. The highest BCUT2D eigenvalue weighted by molar-refractivity contribution is 7.80. The Bertz CT molecular complexity index is 834. The molecule has 0 spiro atoms. The summed E-state index contributed by atoms with van der Waals surface area (Å²) in [5.74, 6) is 0.454. The molecular formula is C21H23N5S. The minimum absolute atomic E-state index is 0.342. The Morgan fingerprint density at radius 1 is 1.00 bits per heavy atom. The van der Waals surface area contributed by atoms with Gasteiger partial charge >= 0.3 is 0 Å². The summed E-state index contributed by atoms with van der Waals surface area (Å²) in [5, 5.41) is 12.7. The van der Waals surface area contributed by atoms with Gasteiger partial charge in [-0.15, -0.1) is 0 Å². The van der Waals surface area contributed by atoms with Crippen LogP contribution in [-0.2, 0) is 6.54 Å². The lowest BCUT2D eigenvalue weighted by Crippen LogP contribution is -2.48. The Labute approximate surface area is 165 Å². The molecule has 0 radical (unpaired) electrons. The van der Waals surface area contributed by atoms with E-state index in [1.165, 1.54) is 5.69 Å². The molecule has 2 aromatic rings. The van der Waals surface area contributed by atoms with Crippen molar-refractivity contribution in [3.63, 3.8) is 0 Å². The minimum Gasteiger partial charge on any atom is -0.384 e. The maximum Gasteiger partial charge on any atom is 0.126 e. The summed E-state index contributed by atoms with van der Waals surface area (Å²) in [5.41, 5.74) is 8.95. The molecule has 5 nitrogen and oxygen atoms in total. The molecule has 3 rings (SSSR count). The highest BCUT2D eigenvalue weighted by atomic mass is 32.1. The van der Waals surface area contributed by atoms with Crippen LogP contribution in [0.15, 0.2) is 72.1 Å². The second-order valence-electron chi connectivity index (χ2n) is 6.35. The van der Waals surface area contributed by atoms with Gasteiger partial charge in [-0.3, -0.25) is 0 Å². The van der Waals surface area contributed by atoms with Gasteiger partial charge in [-0.25, -0.2) is 0 Å². The number of benzene rings is 2. The molecule has 27 heavy (non-hydrogen) atoms. The Morgan fingerprint density at radius 3 is 2.19 bits per heavy atom. The first-order valence-corrected chi connectivity index (χ1v) is 9.37. The zero-order valence-corrected chi connectivity index (χ0v) is 16.0. The average molecular weight is 378 g/mol. The fourth-order valence-corrected chi connectivity index (χ4v) is 3.32. The van der Waals surface area contributed by atoms with E-state index in [0.29, 0.717) is 22.9 Å². The van der Waals surface area contributed by atoms with Gasteiger partial charge in [-0.05, 0) is 17.7 Å². The number of piperazine rings is 1. The molecule has 6 heteroatoms. The molecule has 0 aliphatic carbocycles. The van der Waals surface area contributed by atoms with Crippen molar-refractivity contribution in [2.45, 2.75) is 6.54 Å². The zero-order chi connectivity index (χ0) is 19.1. The maximum atomic E-state index is 9.57. The standard InChI is InChI=1S/C21H23N5S/c22-15-19(21(27)24-16-17-7-3-1-4-8-17)20(23)26-13-11-25(12-14-26)18-9-5-2-6-10-18/h1-10H,11-14,16,23H2,(H,24,27)/b20-19+. The van der Waals surface area contributed by atoms with Crippen LogP contribution in [0.25, 0.3) is 0 Å². The van der Waals surface area contributed by atoms with Crippen LogP contribution in [-0.4, -0.2) is 36.1 Å². The third-order valence-corrected chi connectivity index (χ3v) is 4.98. The lowest BCUT2D eigenvalue weighted by molar-refractivity contribution is 0.317. The van der Waals surface area contributed by atoms with Crippen molar-refractivity contribution in [1.29, 1.82) is 5.26 Å².